The van der Waals surface area contributed by atoms with E-state index in [9.17, 15) is 23.1 Å². The van der Waals surface area contributed by atoms with Crippen molar-refractivity contribution >= 4 is 40.2 Å². The Morgan fingerprint density at radius 2 is 1.58 bits per heavy atom. The fraction of sp³-hybridized carbons (Fsp3) is 0.0909. The number of amides is 1. The summed E-state index contributed by atoms with van der Waals surface area (Å²) in [6.07, 6.45) is -4.52. The molecule has 12 heteroatoms. The van der Waals surface area contributed by atoms with E-state index >= 15 is 0 Å². The van der Waals surface area contributed by atoms with E-state index in [1.807, 2.05) is 54.6 Å². The molecule has 0 saturated carbocycles. The molecule has 6 aromatic rings. The molecule has 0 bridgehead atoms. The molecule has 0 fully saturated rings. The summed E-state index contributed by atoms with van der Waals surface area (Å²) in [7, 11) is 0. The zero-order valence-corrected chi connectivity index (χ0v) is 24.7. The molecule has 1 atom stereocenters. The topological polar surface area (TPSA) is 83.1 Å². The first-order chi connectivity index (χ1) is 21.7. The second kappa shape index (κ2) is 11.2. The van der Waals surface area contributed by atoms with Crippen LogP contribution < -0.4 is 0 Å². The molecule has 45 heavy (non-hydrogen) atoms. The standard InChI is InChI=1S/C33H21ClF3N5O2S/c34-30-15-14-28(45-30)24-17-29(33(35,36)37)42-31(38-24)18-25(40-42)32(44)41-26(22-8-4-5-9-27(22)43)16-23(39-41)21-12-10-20(11-13-21)19-6-2-1-3-7-19/h1-15,17-18,26,43H,16H2/t26-/m0/s1. The number of aromatic nitrogens is 3. The first-order valence-corrected chi connectivity index (χ1v) is 14.9. The summed E-state index contributed by atoms with van der Waals surface area (Å²) >= 11 is 7.10. The van der Waals surface area contributed by atoms with Gasteiger partial charge in [-0.25, -0.2) is 14.5 Å². The third kappa shape index (κ3) is 5.45. The highest BCUT2D eigenvalue weighted by Crippen LogP contribution is 2.39. The van der Waals surface area contributed by atoms with Crippen LogP contribution in [0.1, 0.15) is 39.8 Å². The van der Waals surface area contributed by atoms with Crippen molar-refractivity contribution in [1.29, 1.82) is 0 Å². The van der Waals surface area contributed by atoms with Gasteiger partial charge in [0.25, 0.3) is 5.91 Å². The molecule has 0 spiro atoms. The van der Waals surface area contributed by atoms with E-state index in [0.29, 0.717) is 25.0 Å². The molecular formula is C33H21ClF3N5O2S. The Morgan fingerprint density at radius 3 is 2.27 bits per heavy atom. The van der Waals surface area contributed by atoms with Gasteiger partial charge in [-0.2, -0.15) is 23.4 Å². The zero-order chi connectivity index (χ0) is 31.3. The number of alkyl halides is 3. The summed E-state index contributed by atoms with van der Waals surface area (Å²) in [4.78, 5) is 18.8. The predicted octanol–water partition coefficient (Wildman–Crippen LogP) is 8.49. The Bertz CT molecular complexity index is 2090. The van der Waals surface area contributed by atoms with Crippen LogP contribution in [0.4, 0.5) is 13.2 Å². The van der Waals surface area contributed by atoms with Gasteiger partial charge in [-0.15, -0.1) is 11.3 Å². The second-order valence-corrected chi connectivity index (χ2v) is 12.1. The summed E-state index contributed by atoms with van der Waals surface area (Å²) < 4.78 is 43.5. The number of carbonyl (C=O) groups is 1. The number of nitrogens with zero attached hydrogens (tertiary/aromatic N) is 5. The summed E-state index contributed by atoms with van der Waals surface area (Å²) in [6, 6.07) is 28.7. The molecule has 7 nitrogen and oxygen atoms in total. The number of hydrazone groups is 1. The Balaban J connectivity index is 1.29. The van der Waals surface area contributed by atoms with Crippen LogP contribution >= 0.6 is 22.9 Å². The van der Waals surface area contributed by atoms with Crippen molar-refractivity contribution < 1.29 is 23.1 Å². The number of fused-ring (bicyclic) bond motifs is 1. The highest BCUT2D eigenvalue weighted by Gasteiger charge is 2.38. The summed E-state index contributed by atoms with van der Waals surface area (Å²) in [6.45, 7) is 0. The zero-order valence-electron chi connectivity index (χ0n) is 23.1. The average Bonchev–Trinajstić information content (AvgIpc) is 3.79. The molecule has 1 aliphatic heterocycles. The molecule has 7 rings (SSSR count). The van der Waals surface area contributed by atoms with Crippen molar-refractivity contribution in [2.45, 2.75) is 18.6 Å². The number of benzene rings is 3. The van der Waals surface area contributed by atoms with Gasteiger partial charge in [-0.1, -0.05) is 84.4 Å². The quantitative estimate of drug-likeness (QED) is 0.204. The van der Waals surface area contributed by atoms with E-state index in [1.165, 1.54) is 17.1 Å². The third-order valence-corrected chi connectivity index (χ3v) is 8.76. The molecule has 3 aromatic heterocycles. The lowest BCUT2D eigenvalue weighted by Gasteiger charge is -2.21. The summed E-state index contributed by atoms with van der Waals surface area (Å²) in [5.41, 5.74) is 2.36. The van der Waals surface area contributed by atoms with Crippen LogP contribution in [0.3, 0.4) is 0 Å². The van der Waals surface area contributed by atoms with Gasteiger partial charge in [-0.05, 0) is 41.0 Å². The molecule has 0 unspecified atom stereocenters. The number of aromatic hydroxyl groups is 1. The van der Waals surface area contributed by atoms with Crippen molar-refractivity contribution in [3.8, 4) is 27.4 Å². The smallest absolute Gasteiger partial charge is 0.433 e. The van der Waals surface area contributed by atoms with E-state index in [4.69, 9.17) is 11.6 Å². The van der Waals surface area contributed by atoms with Crippen molar-refractivity contribution in [2.75, 3.05) is 0 Å². The molecule has 0 saturated heterocycles. The molecule has 1 aliphatic rings. The maximum atomic E-state index is 14.2. The van der Waals surface area contributed by atoms with Crippen LogP contribution in [0.5, 0.6) is 5.75 Å². The lowest BCUT2D eigenvalue weighted by molar-refractivity contribution is -0.142. The van der Waals surface area contributed by atoms with E-state index in [0.717, 1.165) is 34.1 Å². The van der Waals surface area contributed by atoms with E-state index in [-0.39, 0.29) is 29.2 Å². The first-order valence-electron chi connectivity index (χ1n) is 13.7. The molecule has 0 radical (unpaired) electrons. The highest BCUT2D eigenvalue weighted by molar-refractivity contribution is 7.19. The fourth-order valence-electron chi connectivity index (χ4n) is 5.35. The first kappa shape index (κ1) is 28.8. The molecule has 1 amide bonds. The molecule has 4 heterocycles. The maximum absolute atomic E-state index is 14.2. The minimum Gasteiger partial charge on any atom is -0.508 e. The van der Waals surface area contributed by atoms with Gasteiger partial charge in [0.05, 0.1) is 26.7 Å². The number of phenols is 1. The summed E-state index contributed by atoms with van der Waals surface area (Å²) in [5.74, 6) is -0.773. The normalized spacial score (nSPS) is 15.1. The Kier molecular flexibility index (Phi) is 7.14. The number of rotatable bonds is 5. The third-order valence-electron chi connectivity index (χ3n) is 7.50. The number of phenolic OH excluding ortho intramolecular Hbond substituents is 1. The average molecular weight is 644 g/mol. The summed E-state index contributed by atoms with van der Waals surface area (Å²) in [5, 5.41) is 20.5. The largest absolute Gasteiger partial charge is 0.508 e. The molecule has 224 valence electrons. The van der Waals surface area contributed by atoms with Gasteiger partial charge in [0, 0.05) is 18.1 Å². The molecule has 3 aromatic carbocycles. The van der Waals surface area contributed by atoms with E-state index in [2.05, 4.69) is 15.2 Å². The van der Waals surface area contributed by atoms with E-state index in [1.54, 1.807) is 30.3 Å². The molecule has 1 N–H and O–H groups in total. The minimum absolute atomic E-state index is 0.0357. The van der Waals surface area contributed by atoms with Crippen LogP contribution in [0.15, 0.2) is 108 Å². The monoisotopic (exact) mass is 643 g/mol. The highest BCUT2D eigenvalue weighted by atomic mass is 35.5. The van der Waals surface area contributed by atoms with Crippen LogP contribution in [0, 0.1) is 0 Å². The predicted molar refractivity (Wildman–Crippen MR) is 166 cm³/mol. The number of halogens is 4. The number of thiophene rings is 1. The number of hydrogen-bond acceptors (Lipinski definition) is 6. The van der Waals surface area contributed by atoms with Gasteiger partial charge < -0.3 is 5.11 Å². The van der Waals surface area contributed by atoms with Crippen LogP contribution in [-0.4, -0.2) is 36.3 Å². The number of hydrogen-bond donors (Lipinski definition) is 1. The number of carbonyl (C=O) groups excluding carboxylic acids is 1. The molecule has 0 aliphatic carbocycles. The van der Waals surface area contributed by atoms with Crippen LogP contribution in [0.25, 0.3) is 27.3 Å². The van der Waals surface area contributed by atoms with Gasteiger partial charge in [-0.3, -0.25) is 4.79 Å². The van der Waals surface area contributed by atoms with Gasteiger partial charge >= 0.3 is 6.18 Å². The van der Waals surface area contributed by atoms with Crippen molar-refractivity contribution in [2.24, 2.45) is 5.10 Å². The van der Waals surface area contributed by atoms with Gasteiger partial charge in [0.2, 0.25) is 0 Å². The fourth-order valence-corrected chi connectivity index (χ4v) is 6.35. The maximum Gasteiger partial charge on any atom is 0.433 e. The van der Waals surface area contributed by atoms with Crippen molar-refractivity contribution in [3.63, 3.8) is 0 Å². The van der Waals surface area contributed by atoms with E-state index < -0.39 is 23.8 Å². The Labute approximate surface area is 263 Å². The Hall–Kier alpha value is -5.00. The molecular weight excluding hydrogens is 623 g/mol. The lowest BCUT2D eigenvalue weighted by atomic mass is 9.96. The minimum atomic E-state index is -4.79. The van der Waals surface area contributed by atoms with Crippen LogP contribution in [0.2, 0.25) is 4.34 Å². The Morgan fingerprint density at radius 1 is 0.889 bits per heavy atom. The number of para-hydroxylation sites is 1. The van der Waals surface area contributed by atoms with Gasteiger partial charge in [0.1, 0.15) is 5.75 Å². The van der Waals surface area contributed by atoms with Crippen molar-refractivity contribution in [3.05, 3.63) is 130 Å². The van der Waals surface area contributed by atoms with Gasteiger partial charge in [0.15, 0.2) is 17.0 Å². The SMILES string of the molecule is O=C(c1cc2nc(-c3ccc(Cl)s3)cc(C(F)(F)F)n2n1)N1N=C(c2ccc(-c3ccccc3)cc2)C[C@H]1c1ccccc1O. The van der Waals surface area contributed by atoms with Crippen molar-refractivity contribution in [1.82, 2.24) is 19.6 Å². The lowest BCUT2D eigenvalue weighted by Crippen LogP contribution is -2.27. The second-order valence-electron chi connectivity index (χ2n) is 10.3. The van der Waals surface area contributed by atoms with Crippen LogP contribution in [-0.2, 0) is 6.18 Å².